The van der Waals surface area contributed by atoms with Crippen LogP contribution in [0.25, 0.3) is 0 Å². The number of esters is 1. The van der Waals surface area contributed by atoms with Gasteiger partial charge in [-0.25, -0.2) is 9.59 Å². The maximum atomic E-state index is 11.5. The van der Waals surface area contributed by atoms with Crippen LogP contribution >= 0.6 is 0 Å². The first-order chi connectivity index (χ1) is 10.9. The molecule has 3 amide bonds. The number of carbonyl (C=O) groups excluding carboxylic acids is 3. The number of benzene rings is 1. The average molecular weight is 324 g/mol. The lowest BCUT2D eigenvalue weighted by atomic mass is 10.3. The minimum Gasteiger partial charge on any atom is -0.497 e. The SMILES string of the molecule is COc1ccc(OCC(=O)OCC(=O)NC(=O)NC(C)C)cc1. The normalized spacial score (nSPS) is 9.91. The highest BCUT2D eigenvalue weighted by Crippen LogP contribution is 2.16. The first-order valence-corrected chi connectivity index (χ1v) is 6.93. The predicted molar refractivity (Wildman–Crippen MR) is 81.3 cm³/mol. The van der Waals surface area contributed by atoms with Gasteiger partial charge in [0, 0.05) is 6.04 Å². The van der Waals surface area contributed by atoms with E-state index in [0.29, 0.717) is 11.5 Å². The minimum absolute atomic E-state index is 0.108. The molecule has 0 aliphatic carbocycles. The van der Waals surface area contributed by atoms with Crippen LogP contribution in [0.5, 0.6) is 11.5 Å². The van der Waals surface area contributed by atoms with Gasteiger partial charge in [-0.15, -0.1) is 0 Å². The molecule has 8 heteroatoms. The molecule has 0 aliphatic rings. The molecule has 0 saturated carbocycles. The Kier molecular flexibility index (Phi) is 7.38. The minimum atomic E-state index is -0.722. The van der Waals surface area contributed by atoms with Gasteiger partial charge in [-0.2, -0.15) is 0 Å². The van der Waals surface area contributed by atoms with Gasteiger partial charge in [0.15, 0.2) is 13.2 Å². The van der Waals surface area contributed by atoms with Gasteiger partial charge in [0.1, 0.15) is 11.5 Å². The summed E-state index contributed by atoms with van der Waals surface area (Å²) in [5.74, 6) is -0.319. The fourth-order valence-electron chi connectivity index (χ4n) is 1.46. The Morgan fingerprint density at radius 1 is 1.04 bits per heavy atom. The van der Waals surface area contributed by atoms with E-state index in [-0.39, 0.29) is 12.6 Å². The highest BCUT2D eigenvalue weighted by atomic mass is 16.6. The molecule has 0 aliphatic heterocycles. The van der Waals surface area contributed by atoms with Crippen molar-refractivity contribution in [1.29, 1.82) is 0 Å². The zero-order valence-corrected chi connectivity index (χ0v) is 13.3. The van der Waals surface area contributed by atoms with E-state index in [2.05, 4.69) is 5.32 Å². The van der Waals surface area contributed by atoms with Crippen molar-refractivity contribution >= 4 is 17.9 Å². The number of ether oxygens (including phenoxy) is 3. The zero-order valence-electron chi connectivity index (χ0n) is 13.3. The first-order valence-electron chi connectivity index (χ1n) is 6.93. The highest BCUT2D eigenvalue weighted by Gasteiger charge is 2.12. The van der Waals surface area contributed by atoms with E-state index < -0.39 is 24.5 Å². The second kappa shape index (κ2) is 9.29. The van der Waals surface area contributed by atoms with Gasteiger partial charge in [0.2, 0.25) is 0 Å². The topological polar surface area (TPSA) is 103 Å². The van der Waals surface area contributed by atoms with Crippen LogP contribution in [-0.4, -0.2) is 44.3 Å². The molecule has 1 aromatic rings. The van der Waals surface area contributed by atoms with Crippen LogP contribution in [-0.2, 0) is 14.3 Å². The Bertz CT molecular complexity index is 541. The van der Waals surface area contributed by atoms with Gasteiger partial charge in [-0.1, -0.05) is 0 Å². The van der Waals surface area contributed by atoms with Crippen LogP contribution in [0, 0.1) is 0 Å². The average Bonchev–Trinajstić information content (AvgIpc) is 2.50. The quantitative estimate of drug-likeness (QED) is 0.721. The molecular weight excluding hydrogens is 304 g/mol. The Morgan fingerprint density at radius 2 is 1.65 bits per heavy atom. The van der Waals surface area contributed by atoms with Gasteiger partial charge in [0.25, 0.3) is 5.91 Å². The molecule has 0 atom stereocenters. The van der Waals surface area contributed by atoms with E-state index in [1.54, 1.807) is 45.2 Å². The molecule has 0 spiro atoms. The van der Waals surface area contributed by atoms with E-state index >= 15 is 0 Å². The van der Waals surface area contributed by atoms with Crippen LogP contribution < -0.4 is 20.1 Å². The van der Waals surface area contributed by atoms with E-state index in [1.165, 1.54) is 0 Å². The molecule has 0 fully saturated rings. The molecular formula is C15H20N2O6. The molecule has 0 unspecified atom stereocenters. The maximum absolute atomic E-state index is 11.5. The van der Waals surface area contributed by atoms with Crippen molar-refractivity contribution in [3.8, 4) is 11.5 Å². The largest absolute Gasteiger partial charge is 0.497 e. The van der Waals surface area contributed by atoms with Crippen molar-refractivity contribution in [2.24, 2.45) is 0 Å². The summed E-state index contributed by atoms with van der Waals surface area (Å²) in [6.45, 7) is 2.59. The third-order valence-corrected chi connectivity index (χ3v) is 2.45. The standard InChI is InChI=1S/C15H20N2O6/c1-10(2)16-15(20)17-13(18)8-23-14(19)9-22-12-6-4-11(21-3)5-7-12/h4-7,10H,8-9H2,1-3H3,(H2,16,17,18,20). The number of urea groups is 1. The molecule has 8 nitrogen and oxygen atoms in total. The fraction of sp³-hybridized carbons (Fsp3) is 0.400. The van der Waals surface area contributed by atoms with Gasteiger partial charge < -0.3 is 19.5 Å². The van der Waals surface area contributed by atoms with Crippen LogP contribution in [0.2, 0.25) is 0 Å². The number of hydrogen-bond acceptors (Lipinski definition) is 6. The molecule has 0 radical (unpaired) electrons. The van der Waals surface area contributed by atoms with Crippen LogP contribution in [0.1, 0.15) is 13.8 Å². The number of carbonyl (C=O) groups is 3. The van der Waals surface area contributed by atoms with E-state index in [1.807, 2.05) is 5.32 Å². The first kappa shape index (κ1) is 18.3. The van der Waals surface area contributed by atoms with Crippen molar-refractivity contribution in [3.63, 3.8) is 0 Å². The number of methoxy groups -OCH3 is 1. The molecule has 0 bridgehead atoms. The Morgan fingerprint density at radius 3 is 2.22 bits per heavy atom. The Balaban J connectivity index is 2.25. The van der Waals surface area contributed by atoms with Crippen LogP contribution in [0.4, 0.5) is 4.79 Å². The summed E-state index contributed by atoms with van der Waals surface area (Å²) in [6.07, 6.45) is 0. The smallest absolute Gasteiger partial charge is 0.344 e. The van der Waals surface area contributed by atoms with Crippen molar-refractivity contribution in [2.45, 2.75) is 19.9 Å². The third kappa shape index (κ3) is 7.70. The predicted octanol–water partition coefficient (Wildman–Crippen LogP) is 0.851. The van der Waals surface area contributed by atoms with Crippen LogP contribution in [0.15, 0.2) is 24.3 Å². The zero-order chi connectivity index (χ0) is 17.2. The molecule has 0 aromatic heterocycles. The summed E-state index contributed by atoms with van der Waals surface area (Å²) in [7, 11) is 1.54. The molecule has 1 aromatic carbocycles. The van der Waals surface area contributed by atoms with Crippen molar-refractivity contribution < 1.29 is 28.6 Å². The second-order valence-corrected chi connectivity index (χ2v) is 4.80. The number of hydrogen-bond donors (Lipinski definition) is 2. The summed E-state index contributed by atoms with van der Waals surface area (Å²) in [4.78, 5) is 34.1. The summed E-state index contributed by atoms with van der Waals surface area (Å²) in [6, 6.07) is 5.88. The van der Waals surface area contributed by atoms with Gasteiger partial charge >= 0.3 is 12.0 Å². The third-order valence-electron chi connectivity index (χ3n) is 2.45. The van der Waals surface area contributed by atoms with Crippen molar-refractivity contribution in [2.75, 3.05) is 20.3 Å². The number of amides is 3. The summed E-state index contributed by atoms with van der Waals surface area (Å²) >= 11 is 0. The lowest BCUT2D eigenvalue weighted by molar-refractivity contribution is -0.150. The second-order valence-electron chi connectivity index (χ2n) is 4.80. The van der Waals surface area contributed by atoms with E-state index in [4.69, 9.17) is 14.2 Å². The monoisotopic (exact) mass is 324 g/mol. The van der Waals surface area contributed by atoms with Gasteiger partial charge in [0.05, 0.1) is 7.11 Å². The Hall–Kier alpha value is -2.77. The lowest BCUT2D eigenvalue weighted by Crippen LogP contribution is -2.44. The summed E-state index contributed by atoms with van der Waals surface area (Å²) in [5, 5.41) is 4.50. The molecule has 0 saturated heterocycles. The van der Waals surface area contributed by atoms with E-state index in [9.17, 15) is 14.4 Å². The molecule has 126 valence electrons. The molecule has 2 N–H and O–H groups in total. The molecule has 0 heterocycles. The van der Waals surface area contributed by atoms with Crippen molar-refractivity contribution in [3.05, 3.63) is 24.3 Å². The fourth-order valence-corrected chi connectivity index (χ4v) is 1.46. The van der Waals surface area contributed by atoms with Crippen LogP contribution in [0.3, 0.4) is 0 Å². The van der Waals surface area contributed by atoms with Crippen molar-refractivity contribution in [1.82, 2.24) is 10.6 Å². The van der Waals surface area contributed by atoms with Gasteiger partial charge in [-0.05, 0) is 38.1 Å². The number of rotatable bonds is 7. The number of imide groups is 1. The highest BCUT2D eigenvalue weighted by molar-refractivity contribution is 5.95. The number of nitrogens with one attached hydrogen (secondary N) is 2. The summed E-state index contributed by atoms with van der Waals surface area (Å²) < 4.78 is 14.9. The molecule has 1 rings (SSSR count). The van der Waals surface area contributed by atoms with Gasteiger partial charge in [-0.3, -0.25) is 10.1 Å². The maximum Gasteiger partial charge on any atom is 0.344 e. The summed E-state index contributed by atoms with van der Waals surface area (Å²) in [5.41, 5.74) is 0. The lowest BCUT2D eigenvalue weighted by Gasteiger charge is -2.10. The molecule has 23 heavy (non-hydrogen) atoms. The van der Waals surface area contributed by atoms with E-state index in [0.717, 1.165) is 0 Å². The Labute approximate surface area is 134 Å².